The molecule has 2 N–H and O–H groups in total. The standard InChI is InChI=1S/C4H9NS.C4H5N/c1-3-6-4-2-5-1;1-2-4-5-3-1/h5H,1-4H2;1-5H. The van der Waals surface area contributed by atoms with Crippen LogP contribution in [0.4, 0.5) is 0 Å². The number of aromatic nitrogens is 1. The van der Waals surface area contributed by atoms with Gasteiger partial charge in [-0.3, -0.25) is 0 Å². The lowest BCUT2D eigenvalue weighted by molar-refractivity contribution is 0.756. The van der Waals surface area contributed by atoms with Gasteiger partial charge in [-0.25, -0.2) is 0 Å². The summed E-state index contributed by atoms with van der Waals surface area (Å²) in [5, 5.41) is 3.26. The van der Waals surface area contributed by atoms with Crippen molar-refractivity contribution in [1.29, 1.82) is 0 Å². The van der Waals surface area contributed by atoms with Gasteiger partial charge in [0, 0.05) is 37.0 Å². The lowest BCUT2D eigenvalue weighted by atomic mass is 10.6. The van der Waals surface area contributed by atoms with Crippen LogP contribution < -0.4 is 5.32 Å². The van der Waals surface area contributed by atoms with Gasteiger partial charge in [0.15, 0.2) is 0 Å². The van der Waals surface area contributed by atoms with Crippen LogP contribution in [0.1, 0.15) is 0 Å². The Labute approximate surface area is 71.8 Å². The molecule has 1 fully saturated rings. The van der Waals surface area contributed by atoms with E-state index in [2.05, 4.69) is 10.3 Å². The summed E-state index contributed by atoms with van der Waals surface area (Å²) in [7, 11) is 0. The Bertz CT molecular complexity index is 118. The van der Waals surface area contributed by atoms with E-state index in [4.69, 9.17) is 0 Å². The van der Waals surface area contributed by atoms with Crippen molar-refractivity contribution in [1.82, 2.24) is 10.3 Å². The molecule has 0 amide bonds. The summed E-state index contributed by atoms with van der Waals surface area (Å²) >= 11 is 2.03. The van der Waals surface area contributed by atoms with E-state index in [-0.39, 0.29) is 0 Å². The first-order valence-electron chi connectivity index (χ1n) is 3.86. The van der Waals surface area contributed by atoms with Gasteiger partial charge in [-0.15, -0.1) is 0 Å². The van der Waals surface area contributed by atoms with Gasteiger partial charge in [-0.1, -0.05) is 0 Å². The second-order valence-corrected chi connectivity index (χ2v) is 3.47. The smallest absolute Gasteiger partial charge is 0.00585 e. The fourth-order valence-corrected chi connectivity index (χ4v) is 1.57. The molecule has 2 rings (SSSR count). The van der Waals surface area contributed by atoms with E-state index in [0.29, 0.717) is 0 Å². The zero-order chi connectivity index (χ0) is 7.78. The van der Waals surface area contributed by atoms with Gasteiger partial charge in [-0.05, 0) is 12.1 Å². The Morgan fingerprint density at radius 2 is 1.64 bits per heavy atom. The second kappa shape index (κ2) is 6.31. The van der Waals surface area contributed by atoms with Crippen LogP contribution in [0.15, 0.2) is 24.5 Å². The molecule has 0 unspecified atom stereocenters. The average molecular weight is 170 g/mol. The van der Waals surface area contributed by atoms with E-state index < -0.39 is 0 Å². The van der Waals surface area contributed by atoms with Gasteiger partial charge < -0.3 is 10.3 Å². The van der Waals surface area contributed by atoms with Crippen LogP contribution in [-0.2, 0) is 0 Å². The maximum Gasteiger partial charge on any atom is 0.00585 e. The molecule has 1 aliphatic rings. The number of thioether (sulfide) groups is 1. The highest BCUT2D eigenvalue weighted by Gasteiger charge is 1.93. The zero-order valence-electron chi connectivity index (χ0n) is 6.55. The molecule has 62 valence electrons. The van der Waals surface area contributed by atoms with Crippen molar-refractivity contribution < 1.29 is 0 Å². The first-order chi connectivity index (χ1) is 5.50. The molecule has 2 heterocycles. The quantitative estimate of drug-likeness (QED) is 0.615. The Morgan fingerprint density at radius 1 is 1.00 bits per heavy atom. The third kappa shape index (κ3) is 4.93. The van der Waals surface area contributed by atoms with Gasteiger partial charge in [0.25, 0.3) is 0 Å². The highest BCUT2D eigenvalue weighted by Crippen LogP contribution is 1.99. The Morgan fingerprint density at radius 3 is 1.82 bits per heavy atom. The minimum Gasteiger partial charge on any atom is -0.368 e. The van der Waals surface area contributed by atoms with Crippen molar-refractivity contribution in [3.8, 4) is 0 Å². The van der Waals surface area contributed by atoms with Gasteiger partial charge >= 0.3 is 0 Å². The number of aromatic amines is 1. The number of hydrogen-bond acceptors (Lipinski definition) is 2. The van der Waals surface area contributed by atoms with E-state index in [1.165, 1.54) is 24.6 Å². The van der Waals surface area contributed by atoms with Crippen molar-refractivity contribution in [3.05, 3.63) is 24.5 Å². The number of hydrogen-bond donors (Lipinski definition) is 2. The Kier molecular flexibility index (Phi) is 4.98. The van der Waals surface area contributed by atoms with Gasteiger partial charge in [-0.2, -0.15) is 11.8 Å². The van der Waals surface area contributed by atoms with Crippen LogP contribution in [0.5, 0.6) is 0 Å². The molecule has 1 aliphatic heterocycles. The minimum absolute atomic E-state index is 1.21. The molecule has 0 bridgehead atoms. The van der Waals surface area contributed by atoms with Crippen LogP contribution >= 0.6 is 11.8 Å². The van der Waals surface area contributed by atoms with Crippen molar-refractivity contribution in [2.75, 3.05) is 24.6 Å². The van der Waals surface area contributed by atoms with E-state index in [1.54, 1.807) is 0 Å². The van der Waals surface area contributed by atoms with Crippen LogP contribution in [0.3, 0.4) is 0 Å². The van der Waals surface area contributed by atoms with Crippen LogP contribution in [0, 0.1) is 0 Å². The third-order valence-corrected chi connectivity index (χ3v) is 2.33. The molecular weight excluding hydrogens is 156 g/mol. The summed E-state index contributed by atoms with van der Waals surface area (Å²) in [5.41, 5.74) is 0. The number of rotatable bonds is 0. The first-order valence-corrected chi connectivity index (χ1v) is 5.02. The molecule has 0 radical (unpaired) electrons. The predicted octanol–water partition coefficient (Wildman–Crippen LogP) is 1.34. The fourth-order valence-electron chi connectivity index (χ4n) is 0.794. The molecule has 0 aliphatic carbocycles. The highest BCUT2D eigenvalue weighted by atomic mass is 32.2. The lowest BCUT2D eigenvalue weighted by Gasteiger charge is -2.08. The predicted molar refractivity (Wildman–Crippen MR) is 51.0 cm³/mol. The molecular formula is C8H14N2S. The maximum absolute atomic E-state index is 3.26. The number of nitrogens with one attached hydrogen (secondary N) is 2. The SMILES string of the molecule is C1CSCCN1.c1cc[nH]c1. The van der Waals surface area contributed by atoms with E-state index in [1.807, 2.05) is 36.3 Å². The molecule has 1 aromatic heterocycles. The highest BCUT2D eigenvalue weighted by molar-refractivity contribution is 7.99. The average Bonchev–Trinajstić information content (AvgIpc) is 2.64. The zero-order valence-corrected chi connectivity index (χ0v) is 7.36. The summed E-state index contributed by atoms with van der Waals surface area (Å²) in [4.78, 5) is 2.86. The van der Waals surface area contributed by atoms with E-state index in [9.17, 15) is 0 Å². The summed E-state index contributed by atoms with van der Waals surface area (Å²) < 4.78 is 0. The summed E-state index contributed by atoms with van der Waals surface area (Å²) in [6.45, 7) is 2.43. The monoisotopic (exact) mass is 170 g/mol. The molecule has 0 atom stereocenters. The topological polar surface area (TPSA) is 27.8 Å². The number of H-pyrrole nitrogens is 1. The maximum atomic E-state index is 3.26. The van der Waals surface area contributed by atoms with E-state index in [0.717, 1.165) is 0 Å². The van der Waals surface area contributed by atoms with Crippen LogP contribution in [0.25, 0.3) is 0 Å². The van der Waals surface area contributed by atoms with Crippen LogP contribution in [0.2, 0.25) is 0 Å². The van der Waals surface area contributed by atoms with Crippen molar-refractivity contribution in [2.45, 2.75) is 0 Å². The summed E-state index contributed by atoms with van der Waals surface area (Å²) in [5.74, 6) is 2.61. The Balaban J connectivity index is 0.000000112. The van der Waals surface area contributed by atoms with Crippen molar-refractivity contribution in [2.24, 2.45) is 0 Å². The van der Waals surface area contributed by atoms with E-state index >= 15 is 0 Å². The Hall–Kier alpha value is -0.410. The third-order valence-electron chi connectivity index (χ3n) is 1.34. The fraction of sp³-hybridized carbons (Fsp3) is 0.500. The molecule has 1 saturated heterocycles. The minimum atomic E-state index is 1.21. The van der Waals surface area contributed by atoms with Crippen molar-refractivity contribution in [3.63, 3.8) is 0 Å². The molecule has 11 heavy (non-hydrogen) atoms. The van der Waals surface area contributed by atoms with Crippen molar-refractivity contribution >= 4 is 11.8 Å². The second-order valence-electron chi connectivity index (χ2n) is 2.25. The summed E-state index contributed by atoms with van der Waals surface area (Å²) in [6.07, 6.45) is 3.75. The van der Waals surface area contributed by atoms with Gasteiger partial charge in [0.05, 0.1) is 0 Å². The lowest BCUT2D eigenvalue weighted by Crippen LogP contribution is -2.24. The normalized spacial score (nSPS) is 16.7. The van der Waals surface area contributed by atoms with Crippen LogP contribution in [-0.4, -0.2) is 29.6 Å². The first kappa shape index (κ1) is 8.68. The molecule has 3 heteroatoms. The van der Waals surface area contributed by atoms with Gasteiger partial charge in [0.2, 0.25) is 0 Å². The molecule has 0 aromatic carbocycles. The molecule has 2 nitrogen and oxygen atoms in total. The molecule has 0 spiro atoms. The largest absolute Gasteiger partial charge is 0.368 e. The van der Waals surface area contributed by atoms with Gasteiger partial charge in [0.1, 0.15) is 0 Å². The summed E-state index contributed by atoms with van der Waals surface area (Å²) in [6, 6.07) is 3.89. The molecule has 0 saturated carbocycles. The molecule has 1 aromatic rings.